The summed E-state index contributed by atoms with van der Waals surface area (Å²) >= 11 is 7.88. The van der Waals surface area contributed by atoms with Crippen LogP contribution in [-0.4, -0.2) is 35.2 Å². The Morgan fingerprint density at radius 2 is 1.97 bits per heavy atom. The van der Waals surface area contributed by atoms with Crippen LogP contribution in [0.4, 0.5) is 0 Å². The highest BCUT2D eigenvalue weighted by atomic mass is 35.5. The van der Waals surface area contributed by atoms with E-state index >= 15 is 0 Å². The minimum absolute atomic E-state index is 0.00131. The second-order valence-electron chi connectivity index (χ2n) is 7.98. The van der Waals surface area contributed by atoms with Gasteiger partial charge >= 0.3 is 0 Å². The van der Waals surface area contributed by atoms with Gasteiger partial charge in [-0.2, -0.15) is 5.26 Å². The van der Waals surface area contributed by atoms with Gasteiger partial charge in [0.25, 0.3) is 5.91 Å². The molecule has 1 heterocycles. The Hall–Kier alpha value is -2.95. The number of hydrogen-bond donors (Lipinski definition) is 0. The molecule has 0 unspecified atom stereocenters. The lowest BCUT2D eigenvalue weighted by molar-refractivity contribution is -0.123. The highest BCUT2D eigenvalue weighted by Crippen LogP contribution is 2.40. The van der Waals surface area contributed by atoms with Crippen molar-refractivity contribution >= 4 is 40.5 Å². The molecule has 33 heavy (non-hydrogen) atoms. The molecule has 2 aromatic rings. The van der Waals surface area contributed by atoms with Gasteiger partial charge < -0.3 is 9.47 Å². The number of halogens is 1. The Kier molecular flexibility index (Phi) is 8.06. The van der Waals surface area contributed by atoms with E-state index in [2.05, 4.69) is 11.1 Å². The number of aliphatic imine (C=N–C) groups is 1. The quantitative estimate of drug-likeness (QED) is 0.459. The molecule has 0 aromatic heterocycles. The van der Waals surface area contributed by atoms with E-state index in [0.717, 1.165) is 5.56 Å². The zero-order valence-electron chi connectivity index (χ0n) is 19.3. The number of methoxy groups -OCH3 is 1. The number of hydrogen-bond acceptors (Lipinski definition) is 6. The third kappa shape index (κ3) is 5.70. The normalized spacial score (nSPS) is 16.2. The van der Waals surface area contributed by atoms with Gasteiger partial charge in [-0.3, -0.25) is 14.7 Å². The van der Waals surface area contributed by atoms with E-state index < -0.39 is 0 Å². The van der Waals surface area contributed by atoms with Crippen LogP contribution in [0.15, 0.2) is 46.3 Å². The van der Waals surface area contributed by atoms with Crippen LogP contribution >= 0.6 is 23.4 Å². The Labute approximate surface area is 203 Å². The zero-order valence-corrected chi connectivity index (χ0v) is 20.8. The fourth-order valence-corrected chi connectivity index (χ4v) is 4.78. The zero-order chi connectivity index (χ0) is 24.1. The van der Waals surface area contributed by atoms with Crippen molar-refractivity contribution < 1.29 is 14.3 Å². The number of nitrogens with zero attached hydrogens (tertiary/aromatic N) is 3. The maximum Gasteiger partial charge on any atom is 0.266 e. The van der Waals surface area contributed by atoms with Gasteiger partial charge in [0.05, 0.1) is 28.7 Å². The second kappa shape index (κ2) is 10.8. The van der Waals surface area contributed by atoms with Gasteiger partial charge in [0.15, 0.2) is 16.7 Å². The molecule has 0 spiro atoms. The molecular formula is C25H26ClN3O3S. The fraction of sp³-hybridized carbons (Fsp3) is 0.320. The summed E-state index contributed by atoms with van der Waals surface area (Å²) in [6.07, 6.45) is 1.79. The smallest absolute Gasteiger partial charge is 0.266 e. The summed E-state index contributed by atoms with van der Waals surface area (Å²) in [6.45, 7) is 8.07. The molecule has 3 rings (SSSR count). The Morgan fingerprint density at radius 1 is 1.24 bits per heavy atom. The van der Waals surface area contributed by atoms with Gasteiger partial charge in [0.1, 0.15) is 6.61 Å². The average molecular weight is 484 g/mol. The average Bonchev–Trinajstić information content (AvgIpc) is 3.06. The summed E-state index contributed by atoms with van der Waals surface area (Å²) in [7, 11) is 1.53. The Morgan fingerprint density at radius 3 is 2.61 bits per heavy atom. The van der Waals surface area contributed by atoms with E-state index in [1.165, 1.54) is 18.9 Å². The van der Waals surface area contributed by atoms with Crippen molar-refractivity contribution in [3.63, 3.8) is 0 Å². The molecule has 1 aliphatic rings. The third-order valence-corrected chi connectivity index (χ3v) is 6.06. The molecule has 0 N–H and O–H groups in total. The Balaban J connectivity index is 1.90. The van der Waals surface area contributed by atoms with Crippen molar-refractivity contribution in [2.75, 3.05) is 7.11 Å². The standard InChI is InChI=1S/C25H26ClN3O3S/c1-15(2)28-25-29(16(3)4)24(30)22(33-25)12-17-10-20(26)23(21(11-17)31-5)32-14-19-9-7-6-8-18(19)13-27/h6-12,15-16H,14H2,1-5H3/b22-12+,28-25?. The van der Waals surface area contributed by atoms with E-state index in [0.29, 0.717) is 37.7 Å². The SMILES string of the molecule is COc1cc(/C=C2/SC(=NC(C)C)N(C(C)C)C2=O)cc(Cl)c1OCc1ccccc1C#N. The molecule has 0 saturated carbocycles. The summed E-state index contributed by atoms with van der Waals surface area (Å²) in [5.41, 5.74) is 2.01. The first-order chi connectivity index (χ1) is 15.7. The van der Waals surface area contributed by atoms with Crippen LogP contribution in [0, 0.1) is 11.3 Å². The Bertz CT molecular complexity index is 1150. The number of ether oxygens (including phenoxy) is 2. The first-order valence-electron chi connectivity index (χ1n) is 10.5. The molecule has 0 radical (unpaired) electrons. The maximum atomic E-state index is 13.0. The van der Waals surface area contributed by atoms with Gasteiger partial charge in [-0.05, 0) is 69.3 Å². The summed E-state index contributed by atoms with van der Waals surface area (Å²) in [6, 6.07) is 13.0. The molecule has 1 aliphatic heterocycles. The van der Waals surface area contributed by atoms with Crippen molar-refractivity contribution in [3.05, 3.63) is 63.0 Å². The maximum absolute atomic E-state index is 13.0. The van der Waals surface area contributed by atoms with Gasteiger partial charge in [0, 0.05) is 17.6 Å². The number of carbonyl (C=O) groups excluding carboxylic acids is 1. The molecule has 1 amide bonds. The van der Waals surface area contributed by atoms with E-state index in [1.807, 2.05) is 39.8 Å². The van der Waals surface area contributed by atoms with Gasteiger partial charge in [-0.1, -0.05) is 29.8 Å². The molecule has 0 atom stereocenters. The molecule has 6 nitrogen and oxygen atoms in total. The second-order valence-corrected chi connectivity index (χ2v) is 9.39. The summed E-state index contributed by atoms with van der Waals surface area (Å²) in [5, 5.41) is 10.3. The third-order valence-electron chi connectivity index (χ3n) is 4.78. The fourth-order valence-electron chi connectivity index (χ4n) is 3.27. The number of benzene rings is 2. The number of thioether (sulfide) groups is 1. The molecule has 8 heteroatoms. The predicted molar refractivity (Wildman–Crippen MR) is 134 cm³/mol. The molecule has 2 aromatic carbocycles. The van der Waals surface area contributed by atoms with E-state index in [4.69, 9.17) is 21.1 Å². The van der Waals surface area contributed by atoms with E-state index in [-0.39, 0.29) is 24.6 Å². The molecule has 0 aliphatic carbocycles. The van der Waals surface area contributed by atoms with Crippen molar-refractivity contribution in [2.45, 2.75) is 46.4 Å². The van der Waals surface area contributed by atoms with Crippen LogP contribution in [-0.2, 0) is 11.4 Å². The van der Waals surface area contributed by atoms with Gasteiger partial charge in [0.2, 0.25) is 0 Å². The summed E-state index contributed by atoms with van der Waals surface area (Å²) in [4.78, 5) is 19.9. The molecular weight excluding hydrogens is 458 g/mol. The van der Waals surface area contributed by atoms with Crippen LogP contribution < -0.4 is 9.47 Å². The first kappa shape index (κ1) is 24.7. The van der Waals surface area contributed by atoms with Gasteiger partial charge in [-0.15, -0.1) is 0 Å². The van der Waals surface area contributed by atoms with Crippen LogP contribution in [0.5, 0.6) is 11.5 Å². The number of amides is 1. The number of carbonyl (C=O) groups is 1. The lowest BCUT2D eigenvalue weighted by Gasteiger charge is -2.20. The van der Waals surface area contributed by atoms with Crippen LogP contribution in [0.1, 0.15) is 44.4 Å². The van der Waals surface area contributed by atoms with Crippen LogP contribution in [0.3, 0.4) is 0 Å². The lowest BCUT2D eigenvalue weighted by atomic mass is 10.1. The number of rotatable bonds is 7. The predicted octanol–water partition coefficient (Wildman–Crippen LogP) is 5.89. The molecule has 1 fully saturated rings. The first-order valence-corrected chi connectivity index (χ1v) is 11.7. The van der Waals surface area contributed by atoms with Crippen molar-refractivity contribution in [3.8, 4) is 17.6 Å². The molecule has 1 saturated heterocycles. The largest absolute Gasteiger partial charge is 0.493 e. The minimum atomic E-state index is -0.0853. The van der Waals surface area contributed by atoms with Crippen molar-refractivity contribution in [1.82, 2.24) is 4.90 Å². The number of nitriles is 1. The topological polar surface area (TPSA) is 74.9 Å². The van der Waals surface area contributed by atoms with E-state index in [9.17, 15) is 10.1 Å². The summed E-state index contributed by atoms with van der Waals surface area (Å²) in [5.74, 6) is 0.735. The van der Waals surface area contributed by atoms with Crippen LogP contribution in [0.2, 0.25) is 5.02 Å². The van der Waals surface area contributed by atoms with Crippen molar-refractivity contribution in [2.24, 2.45) is 4.99 Å². The monoisotopic (exact) mass is 483 g/mol. The van der Waals surface area contributed by atoms with Crippen molar-refractivity contribution in [1.29, 1.82) is 5.26 Å². The summed E-state index contributed by atoms with van der Waals surface area (Å²) < 4.78 is 11.4. The minimum Gasteiger partial charge on any atom is -0.493 e. The number of amidine groups is 1. The molecule has 0 bridgehead atoms. The van der Waals surface area contributed by atoms with E-state index in [1.54, 1.807) is 35.2 Å². The van der Waals surface area contributed by atoms with Gasteiger partial charge in [-0.25, -0.2) is 0 Å². The highest BCUT2D eigenvalue weighted by molar-refractivity contribution is 8.18. The molecule has 172 valence electrons. The lowest BCUT2D eigenvalue weighted by Crippen LogP contribution is -2.35. The van der Waals surface area contributed by atoms with Crippen LogP contribution in [0.25, 0.3) is 6.08 Å². The highest BCUT2D eigenvalue weighted by Gasteiger charge is 2.35.